The number of imidazole rings is 1. The van der Waals surface area contributed by atoms with Crippen molar-refractivity contribution >= 4 is 55.7 Å². The fourth-order valence-electron chi connectivity index (χ4n) is 8.86. The number of H-pyrrole nitrogens is 1. The maximum absolute atomic E-state index is 13.3. The summed E-state index contributed by atoms with van der Waals surface area (Å²) in [5, 5.41) is 5.59. The molecular weight excluding hydrogens is 701 g/mol. The fourth-order valence-corrected chi connectivity index (χ4v) is 8.86. The third kappa shape index (κ3) is 7.07. The molecule has 0 bridgehead atoms. The van der Waals surface area contributed by atoms with E-state index in [4.69, 9.17) is 9.97 Å². The van der Waals surface area contributed by atoms with E-state index in [1.807, 2.05) is 23.1 Å². The Balaban J connectivity index is 0.968. The van der Waals surface area contributed by atoms with Crippen LogP contribution in [0.25, 0.3) is 55.3 Å². The van der Waals surface area contributed by atoms with Gasteiger partial charge in [-0.3, -0.25) is 19.3 Å². The van der Waals surface area contributed by atoms with Crippen LogP contribution in [-0.4, -0.2) is 77.9 Å². The van der Waals surface area contributed by atoms with Gasteiger partial charge in [-0.15, -0.1) is 0 Å². The number of rotatable bonds is 12. The summed E-state index contributed by atoms with van der Waals surface area (Å²) in [7, 11) is 0. The molecule has 2 saturated heterocycles. The zero-order valence-electron chi connectivity index (χ0n) is 32.0. The number of para-hydroxylation sites is 1. The topological polar surface area (TPSA) is 121 Å². The van der Waals surface area contributed by atoms with Crippen LogP contribution in [0.15, 0.2) is 89.7 Å². The molecule has 11 nitrogen and oxygen atoms in total. The zero-order chi connectivity index (χ0) is 38.2. The predicted octanol–water partition coefficient (Wildman–Crippen LogP) is 6.79. The van der Waals surface area contributed by atoms with Gasteiger partial charge in [0.25, 0.3) is 5.56 Å². The molecule has 2 N–H and O–H groups in total. The average molecular weight is 749 g/mol. The third-order valence-corrected chi connectivity index (χ3v) is 11.7. The minimum absolute atomic E-state index is 0.0542. The van der Waals surface area contributed by atoms with Crippen molar-refractivity contribution < 1.29 is 9.59 Å². The number of piperidine rings is 1. The van der Waals surface area contributed by atoms with Gasteiger partial charge in [0.05, 0.1) is 22.1 Å². The minimum Gasteiger partial charge on any atom is -0.353 e. The van der Waals surface area contributed by atoms with Gasteiger partial charge in [0, 0.05) is 98.5 Å². The molecule has 3 aromatic heterocycles. The van der Waals surface area contributed by atoms with Gasteiger partial charge in [-0.1, -0.05) is 48.5 Å². The van der Waals surface area contributed by atoms with Gasteiger partial charge >= 0.3 is 0 Å². The molecule has 0 radical (unpaired) electrons. The van der Waals surface area contributed by atoms with Crippen LogP contribution in [-0.2, 0) is 35.6 Å². The summed E-state index contributed by atoms with van der Waals surface area (Å²) in [6.45, 7) is 8.01. The first-order valence-electron chi connectivity index (χ1n) is 20.2. The van der Waals surface area contributed by atoms with Crippen LogP contribution in [0.2, 0.25) is 0 Å². The number of likely N-dealkylation sites (tertiary alicyclic amines) is 2. The predicted molar refractivity (Wildman–Crippen MR) is 221 cm³/mol. The highest BCUT2D eigenvalue weighted by Gasteiger charge is 2.23. The molecule has 2 fully saturated rings. The second-order valence-corrected chi connectivity index (χ2v) is 15.4. The van der Waals surface area contributed by atoms with E-state index in [1.54, 1.807) is 0 Å². The van der Waals surface area contributed by atoms with Crippen molar-refractivity contribution in [1.82, 2.24) is 39.2 Å². The molecule has 2 aliphatic rings. The molecule has 0 spiro atoms. The highest BCUT2D eigenvalue weighted by Crippen LogP contribution is 2.34. The number of amides is 2. The fraction of sp³-hybridized carbons (Fsp3) is 0.356. The van der Waals surface area contributed by atoms with E-state index in [9.17, 15) is 14.4 Å². The van der Waals surface area contributed by atoms with Crippen LogP contribution >= 0.6 is 0 Å². The largest absolute Gasteiger partial charge is 0.353 e. The Morgan fingerprint density at radius 3 is 2.43 bits per heavy atom. The summed E-state index contributed by atoms with van der Waals surface area (Å²) in [6, 6.07) is 29.6. The van der Waals surface area contributed by atoms with E-state index in [-0.39, 0.29) is 36.3 Å². The Morgan fingerprint density at radius 1 is 0.821 bits per heavy atom. The number of carbonyl (C=O) groups is 2. The number of benzene rings is 4. The molecule has 0 aliphatic carbocycles. The third-order valence-electron chi connectivity index (χ3n) is 11.7. The highest BCUT2D eigenvalue weighted by molar-refractivity contribution is 6.09. The molecular formula is C45H48N8O3. The number of fused-ring (bicyclic) bond motifs is 5. The lowest BCUT2D eigenvalue weighted by Crippen LogP contribution is -2.44. The first-order chi connectivity index (χ1) is 27.4. The highest BCUT2D eigenvalue weighted by atomic mass is 16.2. The van der Waals surface area contributed by atoms with E-state index < -0.39 is 0 Å². The summed E-state index contributed by atoms with van der Waals surface area (Å²) in [5.41, 5.74) is 7.71. The number of nitrogens with one attached hydrogen (secondary N) is 2. The van der Waals surface area contributed by atoms with Gasteiger partial charge in [-0.25, -0.2) is 9.97 Å². The molecule has 2 amide bonds. The van der Waals surface area contributed by atoms with Crippen LogP contribution in [0, 0.1) is 0 Å². The number of hydrogen-bond acceptors (Lipinski definition) is 6. The maximum atomic E-state index is 13.3. The van der Waals surface area contributed by atoms with E-state index in [2.05, 4.69) is 98.0 Å². The van der Waals surface area contributed by atoms with Crippen LogP contribution < -0.4 is 10.9 Å². The molecule has 2 aliphatic heterocycles. The Hall–Kier alpha value is -5.81. The monoisotopic (exact) mass is 748 g/mol. The summed E-state index contributed by atoms with van der Waals surface area (Å²) in [5.74, 6) is 1.01. The first kappa shape index (κ1) is 35.9. The Morgan fingerprint density at radius 2 is 1.62 bits per heavy atom. The lowest BCUT2D eigenvalue weighted by Gasteiger charge is -2.32. The van der Waals surface area contributed by atoms with Gasteiger partial charge in [-0.05, 0) is 74.6 Å². The molecule has 11 heteroatoms. The minimum atomic E-state index is -0.286. The van der Waals surface area contributed by atoms with Gasteiger partial charge in [0.2, 0.25) is 11.8 Å². The number of carbonyl (C=O) groups excluding carboxylic acids is 2. The molecule has 9 rings (SSSR count). The van der Waals surface area contributed by atoms with Crippen LogP contribution in [0.4, 0.5) is 0 Å². The summed E-state index contributed by atoms with van der Waals surface area (Å²) >= 11 is 0. The van der Waals surface area contributed by atoms with Crippen molar-refractivity contribution in [3.05, 3.63) is 107 Å². The van der Waals surface area contributed by atoms with Crippen molar-refractivity contribution in [3.63, 3.8) is 0 Å². The average Bonchev–Trinajstić information content (AvgIpc) is 3.89. The number of aromatic nitrogens is 5. The van der Waals surface area contributed by atoms with E-state index in [0.29, 0.717) is 36.2 Å². The molecule has 7 aromatic rings. The SMILES string of the molecule is CCn1c2ccccc2c2cc(-c3nc4cc5[nH]c(=O)c(CCC(=O)NC6CCN(Cc7ccccc7)CC6)nc5cc4n3CCCN3CCCC3=O)ccc21. The maximum Gasteiger partial charge on any atom is 0.270 e. The number of hydrogen-bond donors (Lipinski definition) is 2. The van der Waals surface area contributed by atoms with Gasteiger partial charge in [-0.2, -0.15) is 0 Å². The molecule has 5 heterocycles. The standard InChI is InChI=1S/C45H48N8O3/c1-2-52-39-13-7-6-12-33(39)34-26-31(15-17-40(34)52)44-48-38-27-36-37(28-41(38)53(44)23-9-22-51-21-8-14-43(51)55)47-35(45(56)49-36)16-18-42(54)46-32-19-24-50(25-20-32)29-30-10-4-3-5-11-30/h3-7,10-13,15,17,26-28,32H,2,8-9,14,16,18-25,29H2,1H3,(H,46,54)(H,49,56). The second-order valence-electron chi connectivity index (χ2n) is 15.4. The van der Waals surface area contributed by atoms with Gasteiger partial charge in [0.1, 0.15) is 11.5 Å². The van der Waals surface area contributed by atoms with E-state index in [1.165, 1.54) is 27.4 Å². The number of aromatic amines is 1. The van der Waals surface area contributed by atoms with Crippen LogP contribution in [0.1, 0.15) is 56.7 Å². The van der Waals surface area contributed by atoms with Gasteiger partial charge in [0.15, 0.2) is 0 Å². The Kier molecular flexibility index (Phi) is 9.85. The normalized spacial score (nSPS) is 15.6. The van der Waals surface area contributed by atoms with Crippen molar-refractivity contribution in [2.75, 3.05) is 26.2 Å². The molecule has 4 aromatic carbocycles. The molecule has 286 valence electrons. The zero-order valence-corrected chi connectivity index (χ0v) is 32.0. The quantitative estimate of drug-likeness (QED) is 0.142. The first-order valence-corrected chi connectivity index (χ1v) is 20.2. The van der Waals surface area contributed by atoms with Crippen LogP contribution in [0.5, 0.6) is 0 Å². The van der Waals surface area contributed by atoms with Crippen molar-refractivity contribution in [1.29, 1.82) is 0 Å². The number of nitrogens with zero attached hydrogens (tertiary/aromatic N) is 6. The van der Waals surface area contributed by atoms with Crippen molar-refractivity contribution in [2.45, 2.75) is 77.5 Å². The van der Waals surface area contributed by atoms with E-state index in [0.717, 1.165) is 80.8 Å². The van der Waals surface area contributed by atoms with Gasteiger partial charge < -0.3 is 24.3 Å². The summed E-state index contributed by atoms with van der Waals surface area (Å²) in [4.78, 5) is 56.2. The molecule has 0 unspecified atom stereocenters. The second kappa shape index (κ2) is 15.4. The Labute approximate surface area is 325 Å². The molecule has 0 atom stereocenters. The smallest absolute Gasteiger partial charge is 0.270 e. The summed E-state index contributed by atoms with van der Waals surface area (Å²) in [6.07, 6.45) is 4.58. The number of aryl methyl sites for hydroxylation is 3. The van der Waals surface area contributed by atoms with E-state index >= 15 is 0 Å². The Bertz CT molecular complexity index is 2630. The molecule has 56 heavy (non-hydrogen) atoms. The van der Waals surface area contributed by atoms with Crippen molar-refractivity contribution in [3.8, 4) is 11.4 Å². The molecule has 0 saturated carbocycles. The van der Waals surface area contributed by atoms with Crippen LogP contribution in [0.3, 0.4) is 0 Å². The summed E-state index contributed by atoms with van der Waals surface area (Å²) < 4.78 is 4.58. The lowest BCUT2D eigenvalue weighted by atomic mass is 10.0. The lowest BCUT2D eigenvalue weighted by molar-refractivity contribution is -0.127. The van der Waals surface area contributed by atoms with Crippen molar-refractivity contribution in [2.24, 2.45) is 0 Å².